The number of aliphatic carboxylic acids is 1. The Morgan fingerprint density at radius 1 is 1.50 bits per heavy atom. The summed E-state index contributed by atoms with van der Waals surface area (Å²) in [5.74, 6) is -0.717. The number of unbranched alkanes of at least 4 members (excludes halogenated alkanes) is 2. The normalized spacial score (nSPS) is 21.4. The molecule has 1 rings (SSSR count). The lowest BCUT2D eigenvalue weighted by atomic mass is 10.2. The highest BCUT2D eigenvalue weighted by molar-refractivity contribution is 5.66. The molecule has 0 aromatic carbocycles. The van der Waals surface area contributed by atoms with Crippen molar-refractivity contribution in [3.05, 3.63) is 0 Å². The van der Waals surface area contributed by atoms with Gasteiger partial charge >= 0.3 is 5.97 Å². The molecular weight excluding hydrogens is 204 g/mol. The van der Waals surface area contributed by atoms with Crippen molar-refractivity contribution in [2.24, 2.45) is 0 Å². The van der Waals surface area contributed by atoms with Crippen molar-refractivity contribution in [1.29, 1.82) is 0 Å². The van der Waals surface area contributed by atoms with Crippen molar-refractivity contribution in [3.8, 4) is 0 Å². The van der Waals surface area contributed by atoms with E-state index in [0.717, 1.165) is 19.5 Å². The number of likely N-dealkylation sites (tertiary alicyclic amines) is 1. The molecule has 0 radical (unpaired) electrons. The number of rotatable bonds is 8. The van der Waals surface area contributed by atoms with E-state index in [4.69, 9.17) is 5.11 Å². The molecule has 1 aliphatic heterocycles. The van der Waals surface area contributed by atoms with Gasteiger partial charge in [0.25, 0.3) is 0 Å². The van der Waals surface area contributed by atoms with E-state index in [1.165, 1.54) is 25.8 Å². The minimum atomic E-state index is -0.717. The summed E-state index contributed by atoms with van der Waals surface area (Å²) >= 11 is 0. The number of hydrogen-bond donors (Lipinski definition) is 2. The first-order valence-corrected chi connectivity index (χ1v) is 6.40. The molecule has 1 heterocycles. The molecule has 1 saturated heterocycles. The fourth-order valence-electron chi connectivity index (χ4n) is 2.17. The molecule has 0 aromatic heterocycles. The van der Waals surface area contributed by atoms with Gasteiger partial charge in [0.05, 0.1) is 6.42 Å². The maximum atomic E-state index is 10.4. The molecule has 0 saturated carbocycles. The van der Waals surface area contributed by atoms with Crippen molar-refractivity contribution in [1.82, 2.24) is 10.2 Å². The van der Waals surface area contributed by atoms with Crippen LogP contribution in [0.15, 0.2) is 0 Å². The molecule has 0 aromatic rings. The molecule has 2 N–H and O–H groups in total. The lowest BCUT2D eigenvalue weighted by molar-refractivity contribution is -0.136. The van der Waals surface area contributed by atoms with Gasteiger partial charge in [-0.05, 0) is 25.9 Å². The minimum absolute atomic E-state index is 0.229. The summed E-state index contributed by atoms with van der Waals surface area (Å²) in [6.07, 6.45) is 5.26. The molecular formula is C12H24N2O2. The standard InChI is InChI=1S/C12H24N2O2/c1-2-3-4-8-14-9-6-11(10-14)13-7-5-12(15)16/h11,13H,2-10H2,1H3,(H,15,16). The molecule has 4 heteroatoms. The van der Waals surface area contributed by atoms with Crippen LogP contribution in [-0.4, -0.2) is 48.2 Å². The summed E-state index contributed by atoms with van der Waals surface area (Å²) in [7, 11) is 0. The Labute approximate surface area is 98.0 Å². The number of hydrogen-bond acceptors (Lipinski definition) is 3. The minimum Gasteiger partial charge on any atom is -0.481 e. The van der Waals surface area contributed by atoms with Gasteiger partial charge in [-0.15, -0.1) is 0 Å². The van der Waals surface area contributed by atoms with E-state index in [0.29, 0.717) is 12.6 Å². The van der Waals surface area contributed by atoms with Crippen molar-refractivity contribution >= 4 is 5.97 Å². The fraction of sp³-hybridized carbons (Fsp3) is 0.917. The second-order valence-corrected chi connectivity index (χ2v) is 4.59. The zero-order valence-corrected chi connectivity index (χ0v) is 10.2. The zero-order valence-electron chi connectivity index (χ0n) is 10.2. The Kier molecular flexibility index (Phi) is 6.42. The molecule has 94 valence electrons. The summed E-state index contributed by atoms with van der Waals surface area (Å²) in [6, 6.07) is 0.501. The zero-order chi connectivity index (χ0) is 11.8. The second kappa shape index (κ2) is 7.63. The highest BCUT2D eigenvalue weighted by atomic mass is 16.4. The maximum absolute atomic E-state index is 10.4. The van der Waals surface area contributed by atoms with Crippen LogP contribution in [0.1, 0.15) is 39.0 Å². The first-order chi connectivity index (χ1) is 7.72. The van der Waals surface area contributed by atoms with Crippen molar-refractivity contribution in [3.63, 3.8) is 0 Å². The van der Waals surface area contributed by atoms with Gasteiger partial charge in [-0.1, -0.05) is 19.8 Å². The topological polar surface area (TPSA) is 52.6 Å². The third kappa shape index (κ3) is 5.47. The van der Waals surface area contributed by atoms with E-state index < -0.39 is 5.97 Å². The van der Waals surface area contributed by atoms with Gasteiger partial charge in [-0.3, -0.25) is 4.79 Å². The number of carbonyl (C=O) groups is 1. The van der Waals surface area contributed by atoms with Gasteiger partial charge in [0.2, 0.25) is 0 Å². The average Bonchev–Trinajstić information content (AvgIpc) is 2.66. The summed E-state index contributed by atoms with van der Waals surface area (Å²) in [5.41, 5.74) is 0. The van der Waals surface area contributed by atoms with Crippen molar-refractivity contribution in [2.75, 3.05) is 26.2 Å². The molecule has 16 heavy (non-hydrogen) atoms. The summed E-state index contributed by atoms with van der Waals surface area (Å²) in [4.78, 5) is 12.8. The van der Waals surface area contributed by atoms with E-state index in [2.05, 4.69) is 17.1 Å². The summed E-state index contributed by atoms with van der Waals surface area (Å²) in [5, 5.41) is 11.8. The van der Waals surface area contributed by atoms with Gasteiger partial charge in [0.15, 0.2) is 0 Å². The van der Waals surface area contributed by atoms with Crippen LogP contribution in [0.4, 0.5) is 0 Å². The Bertz CT molecular complexity index is 209. The van der Waals surface area contributed by atoms with Crippen LogP contribution in [0.2, 0.25) is 0 Å². The third-order valence-electron chi connectivity index (χ3n) is 3.12. The molecule has 0 aliphatic carbocycles. The van der Waals surface area contributed by atoms with E-state index in [9.17, 15) is 4.79 Å². The van der Waals surface area contributed by atoms with E-state index in [1.807, 2.05) is 0 Å². The van der Waals surface area contributed by atoms with Crippen LogP contribution in [-0.2, 0) is 4.79 Å². The van der Waals surface area contributed by atoms with Crippen molar-refractivity contribution in [2.45, 2.75) is 45.1 Å². The van der Waals surface area contributed by atoms with Crippen LogP contribution in [0.3, 0.4) is 0 Å². The van der Waals surface area contributed by atoms with Gasteiger partial charge in [-0.25, -0.2) is 0 Å². The third-order valence-corrected chi connectivity index (χ3v) is 3.12. The molecule has 0 amide bonds. The summed E-state index contributed by atoms with van der Waals surface area (Å²) in [6.45, 7) is 6.27. The van der Waals surface area contributed by atoms with Gasteiger partial charge in [-0.2, -0.15) is 0 Å². The number of nitrogens with one attached hydrogen (secondary N) is 1. The smallest absolute Gasteiger partial charge is 0.304 e. The molecule has 1 fully saturated rings. The number of carboxylic acid groups (broad SMARTS) is 1. The Morgan fingerprint density at radius 2 is 2.31 bits per heavy atom. The molecule has 4 nitrogen and oxygen atoms in total. The monoisotopic (exact) mass is 228 g/mol. The molecule has 1 atom stereocenters. The molecule has 1 unspecified atom stereocenters. The van der Waals surface area contributed by atoms with E-state index in [1.54, 1.807) is 0 Å². The molecule has 0 spiro atoms. The molecule has 0 bridgehead atoms. The first kappa shape index (κ1) is 13.5. The highest BCUT2D eigenvalue weighted by Crippen LogP contribution is 2.10. The molecule has 1 aliphatic rings. The Hall–Kier alpha value is -0.610. The predicted octanol–water partition coefficient (Wildman–Crippen LogP) is 1.32. The first-order valence-electron chi connectivity index (χ1n) is 6.40. The van der Waals surface area contributed by atoms with Crippen LogP contribution in [0.25, 0.3) is 0 Å². The lowest BCUT2D eigenvalue weighted by Crippen LogP contribution is -2.34. The van der Waals surface area contributed by atoms with Crippen LogP contribution >= 0.6 is 0 Å². The van der Waals surface area contributed by atoms with Gasteiger partial charge < -0.3 is 15.3 Å². The van der Waals surface area contributed by atoms with Gasteiger partial charge in [0.1, 0.15) is 0 Å². The fourth-order valence-corrected chi connectivity index (χ4v) is 2.17. The van der Waals surface area contributed by atoms with Crippen LogP contribution in [0.5, 0.6) is 0 Å². The largest absolute Gasteiger partial charge is 0.481 e. The van der Waals surface area contributed by atoms with Crippen molar-refractivity contribution < 1.29 is 9.90 Å². The predicted molar refractivity (Wildman–Crippen MR) is 64.6 cm³/mol. The SMILES string of the molecule is CCCCCN1CCC(NCCC(=O)O)C1. The second-order valence-electron chi connectivity index (χ2n) is 4.59. The van der Waals surface area contributed by atoms with E-state index >= 15 is 0 Å². The summed E-state index contributed by atoms with van der Waals surface area (Å²) < 4.78 is 0. The Balaban J connectivity index is 2.03. The van der Waals surface area contributed by atoms with E-state index in [-0.39, 0.29) is 6.42 Å². The van der Waals surface area contributed by atoms with Gasteiger partial charge in [0, 0.05) is 19.1 Å². The lowest BCUT2D eigenvalue weighted by Gasteiger charge is -2.16. The van der Waals surface area contributed by atoms with Crippen LogP contribution in [0, 0.1) is 0 Å². The average molecular weight is 228 g/mol. The Morgan fingerprint density at radius 3 is 3.00 bits per heavy atom. The number of carboxylic acids is 1. The van der Waals surface area contributed by atoms with Crippen LogP contribution < -0.4 is 5.32 Å². The maximum Gasteiger partial charge on any atom is 0.304 e. The quantitative estimate of drug-likeness (QED) is 0.615. The highest BCUT2D eigenvalue weighted by Gasteiger charge is 2.21. The number of nitrogens with zero attached hydrogens (tertiary/aromatic N) is 1.